The van der Waals surface area contributed by atoms with Gasteiger partial charge in [0.15, 0.2) is 11.6 Å². The zero-order valence-corrected chi connectivity index (χ0v) is 16.2. The minimum absolute atomic E-state index is 0.233. The van der Waals surface area contributed by atoms with Crippen LogP contribution in [0.15, 0.2) is 18.2 Å². The van der Waals surface area contributed by atoms with Crippen LogP contribution in [-0.4, -0.2) is 93.3 Å². The summed E-state index contributed by atoms with van der Waals surface area (Å²) in [4.78, 5) is 4.29. The van der Waals surface area contributed by atoms with E-state index < -0.39 is 10.2 Å². The van der Waals surface area contributed by atoms with Crippen molar-refractivity contribution >= 4 is 10.2 Å². The predicted octanol–water partition coefficient (Wildman–Crippen LogP) is 0.444. The van der Waals surface area contributed by atoms with E-state index >= 15 is 0 Å². The first kappa shape index (κ1) is 19.5. The summed E-state index contributed by atoms with van der Waals surface area (Å²) in [5, 5.41) is 0. The first-order chi connectivity index (χ1) is 12.4. The maximum Gasteiger partial charge on any atom is 0.282 e. The summed E-state index contributed by atoms with van der Waals surface area (Å²) in [6, 6.07) is 4.94. The molecule has 1 aromatic rings. The Hall–Kier alpha value is -1.26. The SMILES string of the molecule is COc1ccc(CN2CCN(S(=O)(=O)N3CCN(C)CC3)CC2)cc1F. The average molecular weight is 386 g/mol. The largest absolute Gasteiger partial charge is 0.494 e. The second kappa shape index (κ2) is 8.18. The number of halogens is 1. The average Bonchev–Trinajstić information content (AvgIpc) is 2.63. The summed E-state index contributed by atoms with van der Waals surface area (Å²) in [5.41, 5.74) is 0.860. The van der Waals surface area contributed by atoms with Crippen LogP contribution in [-0.2, 0) is 16.8 Å². The number of methoxy groups -OCH3 is 1. The van der Waals surface area contributed by atoms with E-state index in [2.05, 4.69) is 9.80 Å². The van der Waals surface area contributed by atoms with Crippen LogP contribution in [0.25, 0.3) is 0 Å². The molecule has 0 amide bonds. The van der Waals surface area contributed by atoms with Crippen LogP contribution in [0.1, 0.15) is 5.56 Å². The predicted molar refractivity (Wildman–Crippen MR) is 97.8 cm³/mol. The van der Waals surface area contributed by atoms with Crippen molar-refractivity contribution < 1.29 is 17.5 Å². The molecule has 0 aliphatic carbocycles. The van der Waals surface area contributed by atoms with Crippen LogP contribution in [0.5, 0.6) is 5.75 Å². The molecule has 26 heavy (non-hydrogen) atoms. The topological polar surface area (TPSA) is 56.3 Å². The Morgan fingerprint density at radius 1 is 1.00 bits per heavy atom. The second-order valence-corrected chi connectivity index (χ2v) is 8.78. The number of rotatable bonds is 5. The summed E-state index contributed by atoms with van der Waals surface area (Å²) in [7, 11) is 0.0636. The Kier molecular flexibility index (Phi) is 6.13. The number of hydrogen-bond donors (Lipinski definition) is 0. The lowest BCUT2D eigenvalue weighted by atomic mass is 10.2. The summed E-state index contributed by atoms with van der Waals surface area (Å²) >= 11 is 0. The van der Waals surface area contributed by atoms with Crippen LogP contribution >= 0.6 is 0 Å². The first-order valence-electron chi connectivity index (χ1n) is 8.88. The Balaban J connectivity index is 1.54. The Labute approximate surface area is 155 Å². The third-order valence-electron chi connectivity index (χ3n) is 5.07. The van der Waals surface area contributed by atoms with Crippen molar-refractivity contribution in [2.45, 2.75) is 6.54 Å². The normalized spacial score (nSPS) is 21.8. The lowest BCUT2D eigenvalue weighted by Gasteiger charge is -2.39. The van der Waals surface area contributed by atoms with Gasteiger partial charge in [-0.2, -0.15) is 17.0 Å². The third-order valence-corrected chi connectivity index (χ3v) is 7.10. The van der Waals surface area contributed by atoms with Gasteiger partial charge in [0, 0.05) is 58.9 Å². The number of benzene rings is 1. The second-order valence-electron chi connectivity index (χ2n) is 6.85. The van der Waals surface area contributed by atoms with E-state index in [0.717, 1.165) is 18.7 Å². The number of hydrogen-bond acceptors (Lipinski definition) is 5. The van der Waals surface area contributed by atoms with Gasteiger partial charge in [-0.25, -0.2) is 4.39 Å². The molecule has 2 saturated heterocycles. The fourth-order valence-corrected chi connectivity index (χ4v) is 4.94. The molecule has 0 spiro atoms. The highest BCUT2D eigenvalue weighted by molar-refractivity contribution is 7.86. The Bertz CT molecular complexity index is 715. The van der Waals surface area contributed by atoms with Gasteiger partial charge in [-0.3, -0.25) is 4.90 Å². The maximum atomic E-state index is 13.8. The van der Waals surface area contributed by atoms with Gasteiger partial charge < -0.3 is 9.64 Å². The van der Waals surface area contributed by atoms with Crippen molar-refractivity contribution in [1.82, 2.24) is 18.4 Å². The van der Waals surface area contributed by atoms with Gasteiger partial charge in [0.1, 0.15) is 0 Å². The third kappa shape index (κ3) is 4.34. The fourth-order valence-electron chi connectivity index (χ4n) is 3.37. The smallest absolute Gasteiger partial charge is 0.282 e. The van der Waals surface area contributed by atoms with Crippen molar-refractivity contribution in [3.8, 4) is 5.75 Å². The molecule has 0 atom stereocenters. The Morgan fingerprint density at radius 3 is 2.12 bits per heavy atom. The molecule has 146 valence electrons. The number of ether oxygens (including phenoxy) is 1. The van der Waals surface area contributed by atoms with E-state index in [4.69, 9.17) is 4.74 Å². The van der Waals surface area contributed by atoms with E-state index in [0.29, 0.717) is 45.8 Å². The molecule has 0 bridgehead atoms. The number of likely N-dealkylation sites (N-methyl/N-ethyl adjacent to an activating group) is 1. The van der Waals surface area contributed by atoms with Crippen LogP contribution in [0.3, 0.4) is 0 Å². The lowest BCUT2D eigenvalue weighted by molar-refractivity contribution is 0.165. The van der Waals surface area contributed by atoms with Gasteiger partial charge in [-0.15, -0.1) is 0 Å². The highest BCUT2D eigenvalue weighted by atomic mass is 32.2. The molecular formula is C17H27FN4O3S. The molecular weight excluding hydrogens is 359 g/mol. The number of piperazine rings is 2. The van der Waals surface area contributed by atoms with Gasteiger partial charge >= 0.3 is 0 Å². The molecule has 9 heteroatoms. The van der Waals surface area contributed by atoms with E-state index in [1.165, 1.54) is 13.2 Å². The van der Waals surface area contributed by atoms with E-state index in [9.17, 15) is 12.8 Å². The molecule has 7 nitrogen and oxygen atoms in total. The zero-order chi connectivity index (χ0) is 18.7. The van der Waals surface area contributed by atoms with Crippen molar-refractivity contribution in [1.29, 1.82) is 0 Å². The van der Waals surface area contributed by atoms with Crippen molar-refractivity contribution in [2.75, 3.05) is 66.5 Å². The van der Waals surface area contributed by atoms with E-state index in [1.54, 1.807) is 14.7 Å². The molecule has 0 saturated carbocycles. The monoisotopic (exact) mass is 386 g/mol. The molecule has 2 aliphatic heterocycles. The molecule has 2 heterocycles. The van der Waals surface area contributed by atoms with Gasteiger partial charge in [0.2, 0.25) is 0 Å². The summed E-state index contributed by atoms with van der Waals surface area (Å²) in [6.45, 7) is 5.43. The Morgan fingerprint density at radius 2 is 1.58 bits per heavy atom. The zero-order valence-electron chi connectivity index (χ0n) is 15.4. The molecule has 2 aliphatic rings. The molecule has 3 rings (SSSR count). The van der Waals surface area contributed by atoms with Gasteiger partial charge in [-0.05, 0) is 24.7 Å². The van der Waals surface area contributed by atoms with Gasteiger partial charge in [0.25, 0.3) is 10.2 Å². The highest BCUT2D eigenvalue weighted by Gasteiger charge is 2.33. The summed E-state index contributed by atoms with van der Waals surface area (Å²) < 4.78 is 47.5. The molecule has 0 unspecified atom stereocenters. The quantitative estimate of drug-likeness (QED) is 0.735. The molecule has 0 aromatic heterocycles. The molecule has 0 radical (unpaired) electrons. The molecule has 1 aromatic carbocycles. The lowest BCUT2D eigenvalue weighted by Crippen LogP contribution is -2.56. The van der Waals surface area contributed by atoms with Crippen molar-refractivity contribution in [3.63, 3.8) is 0 Å². The molecule has 2 fully saturated rings. The van der Waals surface area contributed by atoms with E-state index in [1.807, 2.05) is 13.1 Å². The number of nitrogens with zero attached hydrogens (tertiary/aromatic N) is 4. The first-order valence-corrected chi connectivity index (χ1v) is 10.3. The maximum absolute atomic E-state index is 13.8. The minimum Gasteiger partial charge on any atom is -0.494 e. The summed E-state index contributed by atoms with van der Waals surface area (Å²) in [5.74, 6) is -0.141. The summed E-state index contributed by atoms with van der Waals surface area (Å²) in [6.07, 6.45) is 0. The van der Waals surface area contributed by atoms with E-state index in [-0.39, 0.29) is 11.6 Å². The van der Waals surface area contributed by atoms with Crippen LogP contribution in [0.4, 0.5) is 4.39 Å². The van der Waals surface area contributed by atoms with Crippen molar-refractivity contribution in [3.05, 3.63) is 29.6 Å². The van der Waals surface area contributed by atoms with Crippen LogP contribution in [0.2, 0.25) is 0 Å². The minimum atomic E-state index is -3.38. The van der Waals surface area contributed by atoms with Crippen molar-refractivity contribution in [2.24, 2.45) is 0 Å². The molecule has 0 N–H and O–H groups in total. The van der Waals surface area contributed by atoms with Crippen LogP contribution in [0, 0.1) is 5.82 Å². The standard InChI is InChI=1S/C17H27FN4O3S/c1-19-5-9-21(10-6-19)26(23,24)22-11-7-20(8-12-22)14-15-3-4-17(25-2)16(18)13-15/h3-4,13H,5-12,14H2,1-2H3. The highest BCUT2D eigenvalue weighted by Crippen LogP contribution is 2.20. The van der Waals surface area contributed by atoms with Gasteiger partial charge in [-0.1, -0.05) is 6.07 Å². The van der Waals surface area contributed by atoms with Crippen LogP contribution < -0.4 is 4.74 Å². The fraction of sp³-hybridized carbons (Fsp3) is 0.647. The van der Waals surface area contributed by atoms with Gasteiger partial charge in [0.05, 0.1) is 7.11 Å².